The van der Waals surface area contributed by atoms with Gasteiger partial charge in [-0.25, -0.2) is 0 Å². The zero-order valence-electron chi connectivity index (χ0n) is 15.1. The quantitative estimate of drug-likeness (QED) is 0.372. The molecule has 0 aliphatic heterocycles. The summed E-state index contributed by atoms with van der Waals surface area (Å²) in [4.78, 5) is 29.5. The molecule has 0 radical (unpaired) electrons. The van der Waals surface area contributed by atoms with E-state index in [-0.39, 0.29) is 73.5 Å². The van der Waals surface area contributed by atoms with E-state index in [0.717, 1.165) is 10.9 Å². The summed E-state index contributed by atoms with van der Waals surface area (Å²) in [5, 5.41) is 0.997. The van der Waals surface area contributed by atoms with Gasteiger partial charge in [0.2, 0.25) is 0 Å². The molecule has 1 aliphatic carbocycles. The Bertz CT molecular complexity index is 883. The molecule has 104 valence electrons. The van der Waals surface area contributed by atoms with Crippen LogP contribution < -0.4 is 59.1 Å². The van der Waals surface area contributed by atoms with E-state index in [1.54, 1.807) is 30.3 Å². The molecular weight excluding hydrogens is 308 g/mol. The molecule has 0 spiro atoms. The van der Waals surface area contributed by atoms with Crippen LogP contribution in [0.2, 0.25) is 0 Å². The predicted molar refractivity (Wildman–Crippen MR) is 81.8 cm³/mol. The van der Waals surface area contributed by atoms with Gasteiger partial charge in [0.05, 0.1) is 11.2 Å². The van der Waals surface area contributed by atoms with Crippen LogP contribution in [0.25, 0.3) is 10.9 Å². The molecule has 0 amide bonds. The van der Waals surface area contributed by atoms with Gasteiger partial charge in [0.1, 0.15) is 5.92 Å². The summed E-state index contributed by atoms with van der Waals surface area (Å²) >= 11 is 0. The maximum atomic E-state index is 12.5. The first kappa shape index (κ1) is 18.5. The zero-order valence-corrected chi connectivity index (χ0v) is 17.1. The van der Waals surface area contributed by atoms with Gasteiger partial charge >= 0.3 is 59.1 Å². The molecule has 0 atom stereocenters. The van der Waals surface area contributed by atoms with Crippen molar-refractivity contribution in [1.82, 2.24) is 4.98 Å². The minimum absolute atomic E-state index is 0. The number of pyridine rings is 1. The third kappa shape index (κ3) is 3.10. The molecule has 2 aromatic carbocycles. The number of Topliss-reactive ketones (excluding diaryl/α,β-unsaturated/α-hetero) is 2. The summed E-state index contributed by atoms with van der Waals surface area (Å²) in [7, 11) is 0. The number of hydrogen-bond acceptors (Lipinski definition) is 3. The van der Waals surface area contributed by atoms with Crippen LogP contribution in [0.1, 0.15) is 35.2 Å². The molecule has 1 heterocycles. The van der Waals surface area contributed by atoms with Gasteiger partial charge < -0.3 is 2.85 Å². The normalized spacial score (nSPS) is 13.4. The third-order valence-electron chi connectivity index (χ3n) is 3.90. The van der Waals surface area contributed by atoms with Crippen LogP contribution in [0.3, 0.4) is 0 Å². The van der Waals surface area contributed by atoms with Crippen molar-refractivity contribution in [2.75, 3.05) is 0 Å². The van der Waals surface area contributed by atoms with E-state index in [2.05, 4.69) is 4.98 Å². The Kier molecular flexibility index (Phi) is 5.95. The number of nitrogens with zero attached hydrogens (tertiary/aromatic N) is 1. The Labute approximate surface area is 181 Å². The number of hydrogen-bond donors (Lipinski definition) is 0. The second-order valence-corrected chi connectivity index (χ2v) is 5.14. The fraction of sp³-hybridized carbons (Fsp3) is 0.0556. The summed E-state index contributed by atoms with van der Waals surface area (Å²) in [6, 6.07) is 18.3. The van der Waals surface area contributed by atoms with Crippen molar-refractivity contribution < 1.29 is 71.6 Å². The Morgan fingerprint density at radius 1 is 0.739 bits per heavy atom. The summed E-state index contributed by atoms with van der Waals surface area (Å²) in [6.07, 6.45) is 0. The minimum atomic E-state index is -0.799. The number of carbonyl (C=O) groups excluding carboxylic acids is 2. The van der Waals surface area contributed by atoms with Crippen LogP contribution in [-0.2, 0) is 0 Å². The van der Waals surface area contributed by atoms with E-state index in [1.807, 2.05) is 30.3 Å². The Hall–Kier alpha value is -0.810. The van der Waals surface area contributed by atoms with Crippen molar-refractivity contribution in [3.8, 4) is 0 Å². The summed E-state index contributed by atoms with van der Waals surface area (Å²) in [5.41, 5.74) is 2.33. The van der Waals surface area contributed by atoms with Gasteiger partial charge in [0, 0.05) is 16.5 Å². The van der Waals surface area contributed by atoms with Crippen LogP contribution in [0, 0.1) is 0 Å². The smallest absolute Gasteiger partial charge is 1.00 e. The number of para-hydroxylation sites is 1. The molecule has 1 aromatic heterocycles. The monoisotopic (exact) mass is 321 g/mol. The molecule has 4 rings (SSSR count). The number of benzene rings is 2. The van der Waals surface area contributed by atoms with Crippen molar-refractivity contribution in [2.45, 2.75) is 5.92 Å². The van der Waals surface area contributed by atoms with Gasteiger partial charge in [0.15, 0.2) is 11.6 Å². The number of aromatic nitrogens is 1. The molecular formula is C18H13NNa2O2. The van der Waals surface area contributed by atoms with Crippen LogP contribution in [0.15, 0.2) is 60.7 Å². The largest absolute Gasteiger partial charge is 1.00 e. The number of ketones is 2. The SMILES string of the molecule is O=C1c2ccccc2C(=O)C1c1ccc2ccccc2n1.[H-].[H-].[Na+].[Na+]. The number of fused-ring (bicyclic) bond motifs is 2. The van der Waals surface area contributed by atoms with E-state index in [1.165, 1.54) is 0 Å². The average Bonchev–Trinajstić information content (AvgIpc) is 2.79. The van der Waals surface area contributed by atoms with Gasteiger partial charge in [-0.3, -0.25) is 14.6 Å². The maximum Gasteiger partial charge on any atom is 1.00 e. The van der Waals surface area contributed by atoms with E-state index in [0.29, 0.717) is 16.8 Å². The fourth-order valence-corrected chi connectivity index (χ4v) is 2.85. The van der Waals surface area contributed by atoms with Crippen molar-refractivity contribution in [3.63, 3.8) is 0 Å². The molecule has 1 aliphatic rings. The maximum absolute atomic E-state index is 12.5. The molecule has 5 heteroatoms. The summed E-state index contributed by atoms with van der Waals surface area (Å²) < 4.78 is 0. The fourth-order valence-electron chi connectivity index (χ4n) is 2.85. The van der Waals surface area contributed by atoms with Gasteiger partial charge in [0.25, 0.3) is 0 Å². The Balaban J connectivity index is 0.00000144. The van der Waals surface area contributed by atoms with E-state index < -0.39 is 5.92 Å². The third-order valence-corrected chi connectivity index (χ3v) is 3.90. The van der Waals surface area contributed by atoms with E-state index >= 15 is 0 Å². The van der Waals surface area contributed by atoms with Crippen LogP contribution >= 0.6 is 0 Å². The number of rotatable bonds is 1. The first-order valence-electron chi connectivity index (χ1n) is 6.79. The van der Waals surface area contributed by atoms with Crippen molar-refractivity contribution >= 4 is 22.5 Å². The zero-order chi connectivity index (χ0) is 14.4. The number of carbonyl (C=O) groups is 2. The molecule has 0 saturated carbocycles. The Morgan fingerprint density at radius 3 is 1.96 bits per heavy atom. The topological polar surface area (TPSA) is 47.0 Å². The first-order chi connectivity index (χ1) is 10.3. The molecule has 0 fully saturated rings. The van der Waals surface area contributed by atoms with Crippen molar-refractivity contribution in [1.29, 1.82) is 0 Å². The van der Waals surface area contributed by atoms with Gasteiger partial charge in [-0.05, 0) is 12.1 Å². The summed E-state index contributed by atoms with van der Waals surface area (Å²) in [6.45, 7) is 0. The first-order valence-corrected chi connectivity index (χ1v) is 6.79. The molecule has 23 heavy (non-hydrogen) atoms. The van der Waals surface area contributed by atoms with Gasteiger partial charge in [-0.15, -0.1) is 0 Å². The average molecular weight is 321 g/mol. The standard InChI is InChI=1S/C18H11NO2.2Na.2H/c20-17-12-6-2-3-7-13(12)18(21)16(17)15-10-9-11-5-1-4-8-14(11)19-15;;;;/h1-10,16H;;;;/q;2*+1;2*-1. The van der Waals surface area contributed by atoms with E-state index in [9.17, 15) is 9.59 Å². The molecule has 0 bridgehead atoms. The van der Waals surface area contributed by atoms with Crippen molar-refractivity contribution in [3.05, 3.63) is 77.5 Å². The van der Waals surface area contributed by atoms with E-state index in [4.69, 9.17) is 0 Å². The molecule has 3 nitrogen and oxygen atoms in total. The van der Waals surface area contributed by atoms with Crippen LogP contribution in [0.5, 0.6) is 0 Å². The van der Waals surface area contributed by atoms with Crippen molar-refractivity contribution in [2.24, 2.45) is 0 Å². The summed E-state index contributed by atoms with van der Waals surface area (Å²) in [5.74, 6) is -1.11. The minimum Gasteiger partial charge on any atom is -1.00 e. The molecule has 0 saturated heterocycles. The second kappa shape index (κ2) is 7.39. The Morgan fingerprint density at radius 2 is 1.30 bits per heavy atom. The van der Waals surface area contributed by atoms with Gasteiger partial charge in [-0.1, -0.05) is 48.5 Å². The predicted octanol–water partition coefficient (Wildman–Crippen LogP) is -2.37. The molecule has 0 N–H and O–H groups in total. The second-order valence-electron chi connectivity index (χ2n) is 5.14. The van der Waals surface area contributed by atoms with Crippen LogP contribution in [0.4, 0.5) is 0 Å². The van der Waals surface area contributed by atoms with Crippen LogP contribution in [-0.4, -0.2) is 16.6 Å². The molecule has 3 aromatic rings. The van der Waals surface area contributed by atoms with Gasteiger partial charge in [-0.2, -0.15) is 0 Å². The molecule has 0 unspecified atom stereocenters.